The van der Waals surface area contributed by atoms with Crippen molar-refractivity contribution in [3.05, 3.63) is 35.2 Å². The van der Waals surface area contributed by atoms with Crippen molar-refractivity contribution in [2.75, 3.05) is 0 Å². The van der Waals surface area contributed by atoms with Crippen LogP contribution in [0.15, 0.2) is 18.2 Å². The van der Waals surface area contributed by atoms with Gasteiger partial charge in [-0.15, -0.1) is 0 Å². The molecule has 2 aromatic heterocycles. The average Bonchev–Trinajstić information content (AvgIpc) is 3.04. The summed E-state index contributed by atoms with van der Waals surface area (Å²) in [5, 5.41) is 3.92. The Morgan fingerprint density at radius 2 is 1.78 bits per heavy atom. The zero-order valence-corrected chi connectivity index (χ0v) is 16.2. The van der Waals surface area contributed by atoms with Crippen molar-refractivity contribution in [3.63, 3.8) is 0 Å². The van der Waals surface area contributed by atoms with Gasteiger partial charge in [-0.1, -0.05) is 0 Å². The van der Waals surface area contributed by atoms with E-state index in [4.69, 9.17) is 9.31 Å². The third kappa shape index (κ3) is 3.41. The van der Waals surface area contributed by atoms with Gasteiger partial charge in [-0.25, -0.2) is 18.4 Å². The highest BCUT2D eigenvalue weighted by atomic mass is 19.3. The van der Waals surface area contributed by atoms with E-state index in [1.54, 1.807) is 19.1 Å². The SMILES string of the molecule is CC(=O)c1ccc(B2OC(C)(C)C(C)(C)O2)nc1-n1nc(C(F)F)cc1C. The summed E-state index contributed by atoms with van der Waals surface area (Å²) < 4.78 is 39.3. The van der Waals surface area contributed by atoms with Gasteiger partial charge in [0.1, 0.15) is 5.69 Å². The van der Waals surface area contributed by atoms with E-state index in [1.165, 1.54) is 17.7 Å². The number of rotatable bonds is 4. The fourth-order valence-electron chi connectivity index (χ4n) is 2.81. The molecule has 144 valence electrons. The van der Waals surface area contributed by atoms with E-state index in [9.17, 15) is 13.6 Å². The van der Waals surface area contributed by atoms with Crippen LogP contribution in [0, 0.1) is 6.92 Å². The number of carbonyl (C=O) groups is 1. The largest absolute Gasteiger partial charge is 0.514 e. The maximum Gasteiger partial charge on any atom is 0.514 e. The molecule has 1 fully saturated rings. The predicted octanol–water partition coefficient (Wildman–Crippen LogP) is 3.02. The molecule has 1 aliphatic heterocycles. The van der Waals surface area contributed by atoms with Gasteiger partial charge in [0, 0.05) is 5.69 Å². The molecule has 0 N–H and O–H groups in total. The molecule has 0 aromatic carbocycles. The van der Waals surface area contributed by atoms with Gasteiger partial charge in [-0.3, -0.25) is 4.79 Å². The molecule has 0 bridgehead atoms. The first-order valence-corrected chi connectivity index (χ1v) is 8.65. The smallest absolute Gasteiger partial charge is 0.398 e. The molecule has 0 saturated carbocycles. The molecule has 3 rings (SSSR count). The van der Waals surface area contributed by atoms with Gasteiger partial charge in [0.15, 0.2) is 11.6 Å². The van der Waals surface area contributed by atoms with Crippen LogP contribution < -0.4 is 5.59 Å². The Morgan fingerprint density at radius 3 is 2.26 bits per heavy atom. The Bertz CT molecular complexity index is 880. The molecular weight excluding hydrogens is 355 g/mol. The van der Waals surface area contributed by atoms with Crippen molar-refractivity contribution in [1.29, 1.82) is 0 Å². The molecule has 0 atom stereocenters. The number of aryl methyl sites for hydroxylation is 1. The Kier molecular flexibility index (Phi) is 4.72. The van der Waals surface area contributed by atoms with Crippen molar-refractivity contribution in [1.82, 2.24) is 14.8 Å². The van der Waals surface area contributed by atoms with Crippen molar-refractivity contribution >= 4 is 18.5 Å². The number of hydrogen-bond acceptors (Lipinski definition) is 5. The average molecular weight is 377 g/mol. The number of ketones is 1. The predicted molar refractivity (Wildman–Crippen MR) is 96.8 cm³/mol. The van der Waals surface area contributed by atoms with Gasteiger partial charge in [0.2, 0.25) is 0 Å². The van der Waals surface area contributed by atoms with Gasteiger partial charge in [0.05, 0.1) is 22.4 Å². The molecule has 2 aromatic rings. The number of nitrogens with zero attached hydrogens (tertiary/aromatic N) is 3. The van der Waals surface area contributed by atoms with Gasteiger partial charge in [-0.05, 0) is 59.7 Å². The lowest BCUT2D eigenvalue weighted by atomic mass is 9.84. The fourth-order valence-corrected chi connectivity index (χ4v) is 2.81. The first-order valence-electron chi connectivity index (χ1n) is 8.65. The number of pyridine rings is 1. The van der Waals surface area contributed by atoms with E-state index in [1.807, 2.05) is 27.7 Å². The zero-order valence-electron chi connectivity index (χ0n) is 16.2. The molecule has 27 heavy (non-hydrogen) atoms. The Labute approximate surface area is 157 Å². The first kappa shape index (κ1) is 19.6. The minimum Gasteiger partial charge on any atom is -0.398 e. The second-order valence-electron chi connectivity index (χ2n) is 7.67. The lowest BCUT2D eigenvalue weighted by Gasteiger charge is -2.32. The van der Waals surface area contributed by atoms with Crippen LogP contribution in [0.3, 0.4) is 0 Å². The fraction of sp³-hybridized carbons (Fsp3) is 0.500. The summed E-state index contributed by atoms with van der Waals surface area (Å²) in [4.78, 5) is 16.5. The lowest BCUT2D eigenvalue weighted by Crippen LogP contribution is -2.41. The molecule has 9 heteroatoms. The number of Topliss-reactive ketones (excluding diaryl/α,β-unsaturated/α-hetero) is 1. The van der Waals surface area contributed by atoms with Crippen LogP contribution in [0.4, 0.5) is 8.78 Å². The number of carbonyl (C=O) groups excluding carboxylic acids is 1. The topological polar surface area (TPSA) is 66.2 Å². The number of halogens is 2. The molecule has 1 aliphatic rings. The summed E-state index contributed by atoms with van der Waals surface area (Å²) in [6, 6.07) is 4.52. The molecule has 0 radical (unpaired) electrons. The molecule has 3 heterocycles. The summed E-state index contributed by atoms with van der Waals surface area (Å²) >= 11 is 0. The Balaban J connectivity index is 2.09. The van der Waals surface area contributed by atoms with E-state index >= 15 is 0 Å². The van der Waals surface area contributed by atoms with Crippen LogP contribution in [0.2, 0.25) is 0 Å². The van der Waals surface area contributed by atoms with Crippen molar-refractivity contribution in [2.24, 2.45) is 0 Å². The van der Waals surface area contributed by atoms with Gasteiger partial charge in [-0.2, -0.15) is 5.10 Å². The Morgan fingerprint density at radius 1 is 1.19 bits per heavy atom. The Hall–Kier alpha value is -2.13. The number of hydrogen-bond donors (Lipinski definition) is 0. The molecule has 0 unspecified atom stereocenters. The van der Waals surface area contributed by atoms with Crippen LogP contribution >= 0.6 is 0 Å². The minimum absolute atomic E-state index is 0.180. The van der Waals surface area contributed by atoms with Crippen LogP contribution in [0.25, 0.3) is 5.82 Å². The van der Waals surface area contributed by atoms with E-state index in [0.717, 1.165) is 0 Å². The third-order valence-corrected chi connectivity index (χ3v) is 5.10. The van der Waals surface area contributed by atoms with Gasteiger partial charge >= 0.3 is 7.12 Å². The monoisotopic (exact) mass is 377 g/mol. The van der Waals surface area contributed by atoms with Gasteiger partial charge in [0.25, 0.3) is 6.43 Å². The van der Waals surface area contributed by atoms with E-state index < -0.39 is 24.7 Å². The standard InChI is InChI=1S/C18H22BF2N3O3/c1-10-9-13(15(20)21)23-24(10)16-12(11(2)25)7-8-14(22-16)19-26-17(3,4)18(5,6)27-19/h7-9,15H,1-6H3. The molecule has 1 saturated heterocycles. The summed E-state index contributed by atoms with van der Waals surface area (Å²) in [6.07, 6.45) is -2.71. The number of aromatic nitrogens is 3. The van der Waals surface area contributed by atoms with Crippen LogP contribution in [-0.2, 0) is 9.31 Å². The lowest BCUT2D eigenvalue weighted by molar-refractivity contribution is 0.00578. The zero-order chi connectivity index (χ0) is 20.1. The van der Waals surface area contributed by atoms with E-state index in [0.29, 0.717) is 11.3 Å². The maximum atomic E-state index is 13.0. The first-order chi connectivity index (χ1) is 12.4. The van der Waals surface area contributed by atoms with Crippen molar-refractivity contribution in [2.45, 2.75) is 59.2 Å². The summed E-state index contributed by atoms with van der Waals surface area (Å²) in [6.45, 7) is 10.7. The van der Waals surface area contributed by atoms with Crippen LogP contribution in [0.1, 0.15) is 62.8 Å². The van der Waals surface area contributed by atoms with Crippen molar-refractivity contribution in [3.8, 4) is 5.82 Å². The molecule has 0 aliphatic carbocycles. The molecule has 0 amide bonds. The molecule has 6 nitrogen and oxygen atoms in total. The van der Waals surface area contributed by atoms with Crippen LogP contribution in [-0.4, -0.2) is 38.9 Å². The molecule has 0 spiro atoms. The second-order valence-corrected chi connectivity index (χ2v) is 7.67. The van der Waals surface area contributed by atoms with Crippen LogP contribution in [0.5, 0.6) is 0 Å². The summed E-state index contributed by atoms with van der Waals surface area (Å²) in [7, 11) is -0.736. The minimum atomic E-state index is -2.71. The maximum absolute atomic E-state index is 13.0. The van der Waals surface area contributed by atoms with E-state index in [-0.39, 0.29) is 22.9 Å². The summed E-state index contributed by atoms with van der Waals surface area (Å²) in [5.41, 5.74) is -0.299. The van der Waals surface area contributed by atoms with Crippen molar-refractivity contribution < 1.29 is 22.9 Å². The highest BCUT2D eigenvalue weighted by Crippen LogP contribution is 2.36. The normalized spacial score (nSPS) is 18.3. The van der Waals surface area contributed by atoms with E-state index in [2.05, 4.69) is 10.1 Å². The molecular formula is C18H22BF2N3O3. The highest BCUT2D eigenvalue weighted by Gasteiger charge is 2.52. The number of alkyl halides is 2. The quantitative estimate of drug-likeness (QED) is 0.606. The van der Waals surface area contributed by atoms with Gasteiger partial charge < -0.3 is 9.31 Å². The second kappa shape index (κ2) is 6.49. The summed E-state index contributed by atoms with van der Waals surface area (Å²) in [5.74, 6) is -0.0643. The third-order valence-electron chi connectivity index (χ3n) is 5.10. The highest BCUT2D eigenvalue weighted by molar-refractivity contribution is 6.61.